The molecule has 0 aliphatic rings. The monoisotopic (exact) mass is 409 g/mol. The van der Waals surface area contributed by atoms with Gasteiger partial charge in [-0.3, -0.25) is 4.79 Å². The number of ether oxygens (including phenoxy) is 2. The number of anilines is 1. The number of hydrogen-bond acceptors (Lipinski definition) is 4. The van der Waals surface area contributed by atoms with E-state index < -0.39 is 11.6 Å². The van der Waals surface area contributed by atoms with Gasteiger partial charge in [0, 0.05) is 11.3 Å². The Morgan fingerprint density at radius 2 is 1.77 bits per heavy atom. The Kier molecular flexibility index (Phi) is 5.05. The molecule has 1 amide bonds. The normalized spacial score (nSPS) is 10.8. The number of imidazole rings is 1. The van der Waals surface area contributed by atoms with E-state index in [0.29, 0.717) is 33.8 Å². The maximum absolute atomic E-state index is 14.0. The predicted molar refractivity (Wildman–Crippen MR) is 109 cm³/mol. The second-order valence-corrected chi connectivity index (χ2v) is 6.47. The molecule has 4 rings (SSSR count). The second-order valence-electron chi connectivity index (χ2n) is 6.47. The summed E-state index contributed by atoms with van der Waals surface area (Å²) in [7, 11) is 3.01. The van der Waals surface area contributed by atoms with E-state index in [1.165, 1.54) is 14.2 Å². The Morgan fingerprint density at radius 1 is 0.967 bits per heavy atom. The molecule has 0 fully saturated rings. The smallest absolute Gasteiger partial charge is 0.255 e. The zero-order chi connectivity index (χ0) is 21.3. The number of halogens is 2. The van der Waals surface area contributed by atoms with Crippen molar-refractivity contribution >= 4 is 22.6 Å². The van der Waals surface area contributed by atoms with Crippen molar-refractivity contribution in [2.75, 3.05) is 19.5 Å². The van der Waals surface area contributed by atoms with Gasteiger partial charge in [-0.15, -0.1) is 0 Å². The molecule has 4 aromatic rings. The van der Waals surface area contributed by atoms with Gasteiger partial charge in [-0.2, -0.15) is 0 Å². The van der Waals surface area contributed by atoms with Gasteiger partial charge in [0.25, 0.3) is 5.91 Å². The number of nitrogens with one attached hydrogen (secondary N) is 2. The third-order valence-corrected chi connectivity index (χ3v) is 4.57. The average molecular weight is 409 g/mol. The van der Waals surface area contributed by atoms with Crippen LogP contribution in [0, 0.1) is 11.6 Å². The molecule has 1 aromatic heterocycles. The molecule has 0 saturated carbocycles. The molecule has 0 radical (unpaired) electrons. The zero-order valence-corrected chi connectivity index (χ0v) is 16.1. The van der Waals surface area contributed by atoms with E-state index >= 15 is 0 Å². The van der Waals surface area contributed by atoms with Crippen LogP contribution >= 0.6 is 0 Å². The number of nitrogens with zero attached hydrogens (tertiary/aromatic N) is 1. The average Bonchev–Trinajstić information content (AvgIpc) is 3.18. The third-order valence-electron chi connectivity index (χ3n) is 4.57. The fraction of sp³-hybridized carbons (Fsp3) is 0.0909. The largest absolute Gasteiger partial charge is 0.493 e. The Balaban J connectivity index is 1.61. The first-order valence-electron chi connectivity index (χ1n) is 8.97. The number of carbonyl (C=O) groups excluding carboxylic acids is 1. The summed E-state index contributed by atoms with van der Waals surface area (Å²) in [5.74, 6) is -0.329. The van der Waals surface area contributed by atoms with Gasteiger partial charge in [0.1, 0.15) is 17.5 Å². The van der Waals surface area contributed by atoms with E-state index in [-0.39, 0.29) is 17.3 Å². The molecule has 2 N–H and O–H groups in total. The number of amides is 1. The van der Waals surface area contributed by atoms with Crippen LogP contribution in [0.4, 0.5) is 14.5 Å². The standard InChI is InChI=1S/C22H17F2N3O3/c1-29-19-8-3-12(9-20(19)30-2)22(28)25-14-5-7-17-18(11-14)27-21(26-17)15-10-13(23)4-6-16(15)24/h3-11H,1-2H3,(H,25,28)(H,26,27). The van der Waals surface area contributed by atoms with E-state index in [9.17, 15) is 13.6 Å². The van der Waals surface area contributed by atoms with E-state index in [1.54, 1.807) is 36.4 Å². The van der Waals surface area contributed by atoms with Crippen LogP contribution in [0.1, 0.15) is 10.4 Å². The summed E-state index contributed by atoms with van der Waals surface area (Å²) >= 11 is 0. The Hall–Kier alpha value is -3.94. The number of carbonyl (C=O) groups is 1. The summed E-state index contributed by atoms with van der Waals surface area (Å²) in [5, 5.41) is 2.79. The van der Waals surface area contributed by atoms with Crippen LogP contribution in [-0.2, 0) is 0 Å². The first-order chi connectivity index (χ1) is 14.5. The lowest BCUT2D eigenvalue weighted by Gasteiger charge is -2.10. The maximum atomic E-state index is 14.0. The number of aromatic nitrogens is 2. The van der Waals surface area contributed by atoms with Crippen LogP contribution < -0.4 is 14.8 Å². The second kappa shape index (κ2) is 7.82. The minimum Gasteiger partial charge on any atom is -0.493 e. The van der Waals surface area contributed by atoms with Crippen molar-refractivity contribution in [2.45, 2.75) is 0 Å². The van der Waals surface area contributed by atoms with Gasteiger partial charge in [0.2, 0.25) is 0 Å². The zero-order valence-electron chi connectivity index (χ0n) is 16.1. The Morgan fingerprint density at radius 3 is 2.53 bits per heavy atom. The molecule has 0 aliphatic heterocycles. The summed E-state index contributed by atoms with van der Waals surface area (Å²) in [6.45, 7) is 0. The molecule has 0 saturated heterocycles. The molecule has 3 aromatic carbocycles. The van der Waals surface area contributed by atoms with Crippen molar-refractivity contribution in [2.24, 2.45) is 0 Å². The predicted octanol–water partition coefficient (Wildman–Crippen LogP) is 4.78. The van der Waals surface area contributed by atoms with E-state index in [0.717, 1.165) is 18.2 Å². The third kappa shape index (κ3) is 3.67. The molecule has 0 atom stereocenters. The lowest BCUT2D eigenvalue weighted by molar-refractivity contribution is 0.102. The molecule has 0 bridgehead atoms. The van der Waals surface area contributed by atoms with Crippen molar-refractivity contribution in [3.8, 4) is 22.9 Å². The van der Waals surface area contributed by atoms with Crippen molar-refractivity contribution in [1.82, 2.24) is 9.97 Å². The van der Waals surface area contributed by atoms with E-state index in [4.69, 9.17) is 9.47 Å². The Labute approximate surface area is 170 Å². The summed E-state index contributed by atoms with van der Waals surface area (Å²) in [4.78, 5) is 19.9. The number of rotatable bonds is 5. The quantitative estimate of drug-likeness (QED) is 0.498. The number of aromatic amines is 1. The van der Waals surface area contributed by atoms with Crippen LogP contribution in [0.25, 0.3) is 22.4 Å². The lowest BCUT2D eigenvalue weighted by Crippen LogP contribution is -2.12. The molecule has 0 aliphatic carbocycles. The molecule has 6 nitrogen and oxygen atoms in total. The van der Waals surface area contributed by atoms with Gasteiger partial charge in [-0.1, -0.05) is 0 Å². The number of H-pyrrole nitrogens is 1. The van der Waals surface area contributed by atoms with Gasteiger partial charge in [-0.25, -0.2) is 13.8 Å². The van der Waals surface area contributed by atoms with Crippen LogP contribution in [0.2, 0.25) is 0 Å². The number of methoxy groups -OCH3 is 2. The molecule has 30 heavy (non-hydrogen) atoms. The molecular formula is C22H17F2N3O3. The van der Waals surface area contributed by atoms with Gasteiger partial charge in [0.15, 0.2) is 11.5 Å². The van der Waals surface area contributed by atoms with Crippen LogP contribution in [-0.4, -0.2) is 30.1 Å². The number of benzene rings is 3. The highest BCUT2D eigenvalue weighted by molar-refractivity contribution is 6.05. The highest BCUT2D eigenvalue weighted by Gasteiger charge is 2.14. The first-order valence-corrected chi connectivity index (χ1v) is 8.97. The highest BCUT2D eigenvalue weighted by Crippen LogP contribution is 2.29. The Bertz CT molecular complexity index is 1250. The minimum atomic E-state index is -0.586. The lowest BCUT2D eigenvalue weighted by atomic mass is 10.1. The summed E-state index contributed by atoms with van der Waals surface area (Å²) in [6.07, 6.45) is 0. The minimum absolute atomic E-state index is 0.0297. The van der Waals surface area contributed by atoms with Gasteiger partial charge < -0.3 is 19.8 Å². The van der Waals surface area contributed by atoms with E-state index in [2.05, 4.69) is 15.3 Å². The van der Waals surface area contributed by atoms with Gasteiger partial charge in [0.05, 0.1) is 30.8 Å². The molecule has 1 heterocycles. The van der Waals surface area contributed by atoms with Gasteiger partial charge in [-0.05, 0) is 54.6 Å². The van der Waals surface area contributed by atoms with Crippen LogP contribution in [0.5, 0.6) is 11.5 Å². The summed E-state index contributed by atoms with van der Waals surface area (Å²) in [6, 6.07) is 13.0. The topological polar surface area (TPSA) is 76.2 Å². The van der Waals surface area contributed by atoms with Crippen LogP contribution in [0.3, 0.4) is 0 Å². The van der Waals surface area contributed by atoms with Crippen molar-refractivity contribution in [3.63, 3.8) is 0 Å². The van der Waals surface area contributed by atoms with Crippen molar-refractivity contribution < 1.29 is 23.0 Å². The highest BCUT2D eigenvalue weighted by atomic mass is 19.1. The SMILES string of the molecule is COc1ccc(C(=O)Nc2ccc3nc(-c4cc(F)ccc4F)[nH]c3c2)cc1OC. The first kappa shape index (κ1) is 19.4. The molecular weight excluding hydrogens is 392 g/mol. The van der Waals surface area contributed by atoms with Crippen LogP contribution in [0.15, 0.2) is 54.6 Å². The summed E-state index contributed by atoms with van der Waals surface area (Å²) < 4.78 is 37.9. The fourth-order valence-corrected chi connectivity index (χ4v) is 3.07. The molecule has 152 valence electrons. The fourth-order valence-electron chi connectivity index (χ4n) is 3.07. The molecule has 0 spiro atoms. The van der Waals surface area contributed by atoms with Crippen molar-refractivity contribution in [1.29, 1.82) is 0 Å². The number of fused-ring (bicyclic) bond motifs is 1. The maximum Gasteiger partial charge on any atom is 0.255 e. The number of hydrogen-bond donors (Lipinski definition) is 2. The van der Waals surface area contributed by atoms with Gasteiger partial charge >= 0.3 is 0 Å². The molecule has 8 heteroatoms. The molecule has 0 unspecified atom stereocenters. The van der Waals surface area contributed by atoms with E-state index in [1.807, 2.05) is 0 Å². The van der Waals surface area contributed by atoms with Crippen molar-refractivity contribution in [3.05, 3.63) is 71.8 Å². The summed E-state index contributed by atoms with van der Waals surface area (Å²) in [5.41, 5.74) is 2.05.